The van der Waals surface area contributed by atoms with Crippen molar-refractivity contribution in [3.63, 3.8) is 0 Å². The standard InChI is InChI=1S/2C14H30O.C3H6O3/c2*1-2-3-4-5-6-7-8-9-10-11-12-13-14-15;1-2(4)3(5)6/h2*15H,2-14H2,1H3;2,4H,1H3,(H,5,6). The zero-order valence-electron chi connectivity index (χ0n) is 24.7. The van der Waals surface area contributed by atoms with Crippen molar-refractivity contribution in [2.24, 2.45) is 0 Å². The van der Waals surface area contributed by atoms with E-state index < -0.39 is 12.1 Å². The average Bonchev–Trinajstić information content (AvgIpc) is 2.86. The van der Waals surface area contributed by atoms with E-state index in [1.54, 1.807) is 0 Å². The van der Waals surface area contributed by atoms with Gasteiger partial charge < -0.3 is 20.4 Å². The molecule has 5 heteroatoms. The molecule has 0 amide bonds. The number of aliphatic carboxylic acids is 1. The quantitative estimate of drug-likeness (QED) is 0.0905. The maximum absolute atomic E-state index is 9.45. The van der Waals surface area contributed by atoms with Crippen LogP contribution in [0.3, 0.4) is 0 Å². The third-order valence-corrected chi connectivity index (χ3v) is 6.38. The molecule has 1 atom stereocenters. The molecule has 0 fully saturated rings. The molecule has 0 heterocycles. The summed E-state index contributed by atoms with van der Waals surface area (Å²) in [5.41, 5.74) is 0. The Morgan fingerprint density at radius 3 is 0.778 bits per heavy atom. The Morgan fingerprint density at radius 1 is 0.472 bits per heavy atom. The van der Waals surface area contributed by atoms with Gasteiger partial charge in [-0.1, -0.05) is 155 Å². The fourth-order valence-electron chi connectivity index (χ4n) is 3.91. The fraction of sp³-hybridized carbons (Fsp3) is 0.968. The van der Waals surface area contributed by atoms with Gasteiger partial charge in [-0.15, -0.1) is 0 Å². The van der Waals surface area contributed by atoms with Crippen molar-refractivity contribution >= 4 is 5.97 Å². The second-order valence-corrected chi connectivity index (χ2v) is 10.2. The Morgan fingerprint density at radius 2 is 0.639 bits per heavy atom. The Balaban J connectivity index is -0.000000495. The summed E-state index contributed by atoms with van der Waals surface area (Å²) in [5.74, 6) is -1.19. The lowest BCUT2D eigenvalue weighted by atomic mass is 10.1. The number of hydrogen-bond donors (Lipinski definition) is 4. The highest BCUT2D eigenvalue weighted by atomic mass is 16.4. The topological polar surface area (TPSA) is 98.0 Å². The minimum Gasteiger partial charge on any atom is -0.479 e. The highest BCUT2D eigenvalue weighted by Crippen LogP contribution is 2.12. The van der Waals surface area contributed by atoms with Crippen LogP contribution in [0.1, 0.15) is 175 Å². The van der Waals surface area contributed by atoms with Gasteiger partial charge >= 0.3 is 5.97 Å². The molecule has 220 valence electrons. The van der Waals surface area contributed by atoms with Gasteiger partial charge in [-0.05, 0) is 19.8 Å². The molecule has 0 rings (SSSR count). The Hall–Kier alpha value is -0.650. The summed E-state index contributed by atoms with van der Waals surface area (Å²) in [6.07, 6.45) is 31.3. The number of aliphatic hydroxyl groups excluding tert-OH is 3. The molecule has 36 heavy (non-hydrogen) atoms. The van der Waals surface area contributed by atoms with Crippen LogP contribution in [0, 0.1) is 0 Å². The van der Waals surface area contributed by atoms with Crippen molar-refractivity contribution in [1.82, 2.24) is 0 Å². The van der Waals surface area contributed by atoms with Crippen LogP contribution in [0.2, 0.25) is 0 Å². The number of unbranched alkanes of at least 4 members (excludes halogenated alkanes) is 22. The van der Waals surface area contributed by atoms with E-state index >= 15 is 0 Å². The van der Waals surface area contributed by atoms with Gasteiger partial charge in [-0.3, -0.25) is 0 Å². The van der Waals surface area contributed by atoms with Gasteiger partial charge in [-0.25, -0.2) is 4.79 Å². The van der Waals surface area contributed by atoms with Crippen molar-refractivity contribution in [2.45, 2.75) is 181 Å². The molecule has 4 N–H and O–H groups in total. The van der Waals surface area contributed by atoms with Crippen LogP contribution < -0.4 is 0 Å². The molecular formula is C31H66O5. The molecule has 0 saturated heterocycles. The van der Waals surface area contributed by atoms with Crippen molar-refractivity contribution in [3.05, 3.63) is 0 Å². The van der Waals surface area contributed by atoms with Crippen LogP contribution in [0.4, 0.5) is 0 Å². The molecule has 0 aromatic carbocycles. The Kier molecular flexibility index (Phi) is 43.0. The van der Waals surface area contributed by atoms with Gasteiger partial charge in [0.05, 0.1) is 0 Å². The second-order valence-electron chi connectivity index (χ2n) is 10.2. The van der Waals surface area contributed by atoms with Crippen LogP contribution in [0.15, 0.2) is 0 Å². The molecule has 0 aromatic rings. The number of aliphatic hydroxyl groups is 3. The van der Waals surface area contributed by atoms with Crippen LogP contribution >= 0.6 is 0 Å². The van der Waals surface area contributed by atoms with Crippen molar-refractivity contribution in [2.75, 3.05) is 13.2 Å². The van der Waals surface area contributed by atoms with E-state index in [1.807, 2.05) is 0 Å². The largest absolute Gasteiger partial charge is 0.479 e. The first-order valence-electron chi connectivity index (χ1n) is 15.6. The maximum Gasteiger partial charge on any atom is 0.332 e. The van der Waals surface area contributed by atoms with Crippen molar-refractivity contribution < 1.29 is 25.2 Å². The summed E-state index contributed by atoms with van der Waals surface area (Å²) < 4.78 is 0. The first kappa shape index (κ1) is 39.9. The van der Waals surface area contributed by atoms with Gasteiger partial charge in [0.1, 0.15) is 6.10 Å². The van der Waals surface area contributed by atoms with E-state index in [9.17, 15) is 4.79 Å². The van der Waals surface area contributed by atoms with E-state index in [0.29, 0.717) is 13.2 Å². The van der Waals surface area contributed by atoms with Crippen LogP contribution in [0.5, 0.6) is 0 Å². The van der Waals surface area contributed by atoms with Crippen molar-refractivity contribution in [3.8, 4) is 0 Å². The predicted octanol–water partition coefficient (Wildman–Crippen LogP) is 8.81. The molecular weight excluding hydrogens is 452 g/mol. The highest BCUT2D eigenvalue weighted by Gasteiger charge is 2.01. The van der Waals surface area contributed by atoms with Crippen molar-refractivity contribution in [1.29, 1.82) is 0 Å². The summed E-state index contributed by atoms with van der Waals surface area (Å²) in [6, 6.07) is 0. The van der Waals surface area contributed by atoms with Gasteiger partial charge in [0, 0.05) is 13.2 Å². The lowest BCUT2D eigenvalue weighted by Gasteiger charge is -2.01. The predicted molar refractivity (Wildman–Crippen MR) is 156 cm³/mol. The number of carbonyl (C=O) groups is 1. The normalized spacial score (nSPS) is 11.3. The second kappa shape index (κ2) is 38.9. The first-order chi connectivity index (χ1) is 17.5. The minimum atomic E-state index is -1.23. The van der Waals surface area contributed by atoms with E-state index in [2.05, 4.69) is 13.8 Å². The van der Waals surface area contributed by atoms with Gasteiger partial charge in [0.25, 0.3) is 0 Å². The number of rotatable bonds is 25. The lowest BCUT2D eigenvalue weighted by molar-refractivity contribution is -0.145. The molecule has 0 radical (unpaired) electrons. The molecule has 0 aliphatic heterocycles. The molecule has 0 aromatic heterocycles. The Labute approximate surface area is 225 Å². The number of hydrogen-bond acceptors (Lipinski definition) is 4. The molecule has 5 nitrogen and oxygen atoms in total. The molecule has 0 aliphatic rings. The highest BCUT2D eigenvalue weighted by molar-refractivity contribution is 5.71. The van der Waals surface area contributed by atoms with Crippen LogP contribution in [-0.4, -0.2) is 45.7 Å². The molecule has 0 spiro atoms. The zero-order chi connectivity index (χ0) is 27.5. The number of carboxylic acid groups (broad SMARTS) is 1. The summed E-state index contributed by atoms with van der Waals surface area (Å²) in [5, 5.41) is 33.0. The van der Waals surface area contributed by atoms with Gasteiger partial charge in [0.15, 0.2) is 0 Å². The first-order valence-corrected chi connectivity index (χ1v) is 15.6. The van der Waals surface area contributed by atoms with E-state index in [0.717, 1.165) is 12.8 Å². The average molecular weight is 519 g/mol. The maximum atomic E-state index is 9.45. The monoisotopic (exact) mass is 518 g/mol. The summed E-state index contributed by atoms with van der Waals surface area (Å²) in [4.78, 5) is 9.45. The van der Waals surface area contributed by atoms with E-state index in [1.165, 1.54) is 148 Å². The summed E-state index contributed by atoms with van der Waals surface area (Å²) >= 11 is 0. The minimum absolute atomic E-state index is 0.372. The smallest absolute Gasteiger partial charge is 0.332 e. The van der Waals surface area contributed by atoms with E-state index in [4.69, 9.17) is 20.4 Å². The zero-order valence-corrected chi connectivity index (χ0v) is 24.7. The molecule has 0 saturated carbocycles. The Bertz CT molecular complexity index is 324. The SMILES string of the molecule is CC(O)C(=O)O.CCCCCCCCCCCCCCO.CCCCCCCCCCCCCCO. The van der Waals surface area contributed by atoms with Crippen LogP contribution in [-0.2, 0) is 4.79 Å². The summed E-state index contributed by atoms with van der Waals surface area (Å²) in [6.45, 7) is 6.48. The third-order valence-electron chi connectivity index (χ3n) is 6.38. The molecule has 0 aliphatic carbocycles. The number of carboxylic acids is 1. The van der Waals surface area contributed by atoms with Gasteiger partial charge in [0.2, 0.25) is 0 Å². The lowest BCUT2D eigenvalue weighted by Crippen LogP contribution is -2.13. The molecule has 1 unspecified atom stereocenters. The van der Waals surface area contributed by atoms with Crippen LogP contribution in [0.25, 0.3) is 0 Å². The van der Waals surface area contributed by atoms with E-state index in [-0.39, 0.29) is 0 Å². The third kappa shape index (κ3) is 46.7. The summed E-state index contributed by atoms with van der Waals surface area (Å²) in [7, 11) is 0. The van der Waals surface area contributed by atoms with Gasteiger partial charge in [-0.2, -0.15) is 0 Å². The fourth-order valence-corrected chi connectivity index (χ4v) is 3.91. The molecule has 0 bridgehead atoms.